The van der Waals surface area contributed by atoms with E-state index < -0.39 is 0 Å². The van der Waals surface area contributed by atoms with Gasteiger partial charge in [-0.05, 0) is 67.1 Å². The van der Waals surface area contributed by atoms with Gasteiger partial charge in [-0.25, -0.2) is 0 Å². The van der Waals surface area contributed by atoms with Crippen LogP contribution in [0.15, 0.2) is 0 Å². The third-order valence-electron chi connectivity index (χ3n) is 6.24. The normalized spacial score (nSPS) is 61.9. The monoisotopic (exact) mass is 190 g/mol. The Balaban J connectivity index is 1.63. The van der Waals surface area contributed by atoms with Crippen molar-refractivity contribution in [2.75, 3.05) is 0 Å². The van der Waals surface area contributed by atoms with Crippen molar-refractivity contribution in [1.29, 1.82) is 0 Å². The van der Waals surface area contributed by atoms with E-state index in [1.807, 2.05) is 0 Å². The quantitative estimate of drug-likeness (QED) is 0.627. The molecule has 0 aromatic rings. The van der Waals surface area contributed by atoms with E-state index in [0.717, 1.165) is 16.2 Å². The first-order valence-corrected chi connectivity index (χ1v) is 6.72. The highest BCUT2D eigenvalue weighted by Crippen LogP contribution is 2.90. The summed E-state index contributed by atoms with van der Waals surface area (Å²) < 4.78 is 0. The lowest BCUT2D eigenvalue weighted by Crippen LogP contribution is -2.32. The zero-order valence-electron chi connectivity index (χ0n) is 9.44. The fraction of sp³-hybridized carbons (Fsp3) is 1.00. The predicted octanol–water partition coefficient (Wildman–Crippen LogP) is 4.15. The Labute approximate surface area is 87.5 Å². The molecule has 0 heteroatoms. The summed E-state index contributed by atoms with van der Waals surface area (Å²) in [5, 5.41) is 0. The highest BCUT2D eigenvalue weighted by molar-refractivity contribution is 5.30. The molecule has 5 saturated carbocycles. The van der Waals surface area contributed by atoms with Gasteiger partial charge in [0.1, 0.15) is 0 Å². The first kappa shape index (κ1) is 8.19. The van der Waals surface area contributed by atoms with Gasteiger partial charge in [0, 0.05) is 0 Å². The Morgan fingerprint density at radius 3 is 2.29 bits per heavy atom. The van der Waals surface area contributed by atoms with Gasteiger partial charge in [0.2, 0.25) is 0 Å². The van der Waals surface area contributed by atoms with Crippen LogP contribution in [0, 0.1) is 22.2 Å². The van der Waals surface area contributed by atoms with Gasteiger partial charge in [0.05, 0.1) is 0 Å². The molecule has 0 heterocycles. The molecular weight excluding hydrogens is 168 g/mol. The third-order valence-corrected chi connectivity index (χ3v) is 6.24. The van der Waals surface area contributed by atoms with Gasteiger partial charge in [-0.1, -0.05) is 19.8 Å². The molecule has 5 rings (SSSR count). The molecule has 0 amide bonds. The second-order valence-corrected chi connectivity index (χ2v) is 7.17. The van der Waals surface area contributed by atoms with Crippen molar-refractivity contribution in [3.05, 3.63) is 0 Å². The molecule has 4 atom stereocenters. The van der Waals surface area contributed by atoms with Gasteiger partial charge < -0.3 is 0 Å². The molecular formula is C14H22. The van der Waals surface area contributed by atoms with Gasteiger partial charge in [-0.2, -0.15) is 0 Å². The van der Waals surface area contributed by atoms with Gasteiger partial charge >= 0.3 is 0 Å². The minimum atomic E-state index is 0.870. The fourth-order valence-electron chi connectivity index (χ4n) is 6.23. The maximum absolute atomic E-state index is 2.35. The van der Waals surface area contributed by atoms with Crippen LogP contribution in [0.5, 0.6) is 0 Å². The Kier molecular flexibility index (Phi) is 1.22. The zero-order chi connectivity index (χ0) is 9.44. The molecule has 2 unspecified atom stereocenters. The molecule has 0 radical (unpaired) electrons. The van der Waals surface area contributed by atoms with Crippen molar-refractivity contribution in [2.24, 2.45) is 22.2 Å². The van der Waals surface area contributed by atoms with Crippen LogP contribution in [-0.2, 0) is 0 Å². The van der Waals surface area contributed by atoms with E-state index in [4.69, 9.17) is 0 Å². The van der Waals surface area contributed by atoms with Crippen LogP contribution >= 0.6 is 0 Å². The second-order valence-electron chi connectivity index (χ2n) is 7.17. The van der Waals surface area contributed by atoms with E-state index in [0.29, 0.717) is 0 Å². The maximum Gasteiger partial charge on any atom is -0.0227 e. The van der Waals surface area contributed by atoms with Gasteiger partial charge in [-0.15, -0.1) is 0 Å². The van der Waals surface area contributed by atoms with E-state index in [9.17, 15) is 0 Å². The Hall–Kier alpha value is 0. The molecule has 0 aromatic heterocycles. The molecule has 0 nitrogen and oxygen atoms in total. The molecule has 0 N–H and O–H groups in total. The van der Waals surface area contributed by atoms with Crippen molar-refractivity contribution in [1.82, 2.24) is 0 Å². The Bertz CT molecular complexity index is 272. The lowest BCUT2D eigenvalue weighted by Gasteiger charge is -2.43. The van der Waals surface area contributed by atoms with Crippen molar-refractivity contribution < 1.29 is 0 Å². The highest BCUT2D eigenvalue weighted by Gasteiger charge is 2.81. The van der Waals surface area contributed by atoms with Crippen molar-refractivity contribution in [2.45, 2.75) is 64.7 Å². The molecule has 0 aromatic carbocycles. The van der Waals surface area contributed by atoms with Gasteiger partial charge in [0.15, 0.2) is 0 Å². The number of hydrogen-bond acceptors (Lipinski definition) is 0. The van der Waals surface area contributed by atoms with Crippen molar-refractivity contribution >= 4 is 0 Å². The Morgan fingerprint density at radius 1 is 1.00 bits per heavy atom. The zero-order valence-corrected chi connectivity index (χ0v) is 9.44. The van der Waals surface area contributed by atoms with Crippen molar-refractivity contribution in [3.63, 3.8) is 0 Å². The SMILES string of the molecule is CCCCC12CC3C[C@]4(C1)C[C@@]4(C3)C2. The largest absolute Gasteiger partial charge is 0.0654 e. The lowest BCUT2D eigenvalue weighted by atomic mass is 9.62. The molecule has 78 valence electrons. The van der Waals surface area contributed by atoms with E-state index in [-0.39, 0.29) is 0 Å². The molecule has 2 spiro atoms. The van der Waals surface area contributed by atoms with Crippen LogP contribution < -0.4 is 0 Å². The Morgan fingerprint density at radius 2 is 1.71 bits per heavy atom. The first-order valence-electron chi connectivity index (χ1n) is 6.72. The molecule has 5 fully saturated rings. The van der Waals surface area contributed by atoms with Crippen LogP contribution in [0.1, 0.15) is 64.7 Å². The van der Waals surface area contributed by atoms with Gasteiger partial charge in [0.25, 0.3) is 0 Å². The summed E-state index contributed by atoms with van der Waals surface area (Å²) in [5.74, 6) is 1.17. The number of unbranched alkanes of at least 4 members (excludes halogenated alkanes) is 1. The van der Waals surface area contributed by atoms with E-state index in [1.165, 1.54) is 18.8 Å². The van der Waals surface area contributed by atoms with E-state index in [2.05, 4.69) is 6.92 Å². The lowest BCUT2D eigenvalue weighted by molar-refractivity contribution is 0.0760. The van der Waals surface area contributed by atoms with E-state index in [1.54, 1.807) is 44.9 Å². The maximum atomic E-state index is 2.35. The van der Waals surface area contributed by atoms with Crippen LogP contribution in [0.4, 0.5) is 0 Å². The summed E-state index contributed by atoms with van der Waals surface area (Å²) in [6.45, 7) is 2.35. The first-order chi connectivity index (χ1) is 6.72. The summed E-state index contributed by atoms with van der Waals surface area (Å²) in [6.07, 6.45) is 14.3. The number of hydrogen-bond donors (Lipinski definition) is 0. The minimum Gasteiger partial charge on any atom is -0.0654 e. The van der Waals surface area contributed by atoms with Crippen LogP contribution in [-0.4, -0.2) is 0 Å². The van der Waals surface area contributed by atoms with Crippen molar-refractivity contribution in [3.8, 4) is 0 Å². The van der Waals surface area contributed by atoms with Crippen LogP contribution in [0.25, 0.3) is 0 Å². The molecule has 0 saturated heterocycles. The third kappa shape index (κ3) is 0.717. The van der Waals surface area contributed by atoms with Crippen LogP contribution in [0.2, 0.25) is 0 Å². The summed E-state index contributed by atoms with van der Waals surface area (Å²) in [4.78, 5) is 0. The topological polar surface area (TPSA) is 0 Å². The van der Waals surface area contributed by atoms with E-state index >= 15 is 0 Å². The number of rotatable bonds is 3. The average molecular weight is 190 g/mol. The molecule has 4 bridgehead atoms. The second kappa shape index (κ2) is 2.08. The molecule has 5 aliphatic rings. The summed E-state index contributed by atoms with van der Waals surface area (Å²) in [7, 11) is 0. The summed E-state index contributed by atoms with van der Waals surface area (Å²) >= 11 is 0. The standard InChI is InChI=1S/C14H22/c1-2-3-4-12-5-11-6-13(8-12)10-14(13,7-11)9-12/h11H,2-10H2,1H3/t11?,12?,13-,14+. The van der Waals surface area contributed by atoms with Crippen LogP contribution in [0.3, 0.4) is 0 Å². The molecule has 0 aliphatic heterocycles. The summed E-state index contributed by atoms with van der Waals surface area (Å²) in [6, 6.07) is 0. The predicted molar refractivity (Wildman–Crippen MR) is 58.0 cm³/mol. The van der Waals surface area contributed by atoms with Gasteiger partial charge in [-0.3, -0.25) is 0 Å². The molecule has 5 aliphatic carbocycles. The average Bonchev–Trinajstić information content (AvgIpc) is 2.51. The summed E-state index contributed by atoms with van der Waals surface area (Å²) in [5.41, 5.74) is 2.74. The minimum absolute atomic E-state index is 0.870. The highest BCUT2D eigenvalue weighted by atomic mass is 14.8. The smallest absolute Gasteiger partial charge is 0.0227 e. The fourth-order valence-corrected chi connectivity index (χ4v) is 6.23. The molecule has 14 heavy (non-hydrogen) atoms.